The average molecular weight is 585 g/mol. The molecule has 0 saturated heterocycles. The highest BCUT2D eigenvalue weighted by Gasteiger charge is 2.39. The largest absolute Gasteiger partial charge is 0.486 e. The van der Waals surface area contributed by atoms with Gasteiger partial charge in [-0.25, -0.2) is 8.42 Å². The predicted octanol–water partition coefficient (Wildman–Crippen LogP) is 5.74. The SMILES string of the molecule is Cc1cccc(S(=O)(=O)N2C[C@H](CCC(=O)c3cn(C)nc3C(F)(F)F)Oc3ccc(-c4cccc(C)n4)cc32)c1. The number of aromatic nitrogens is 3. The van der Waals surface area contributed by atoms with Crippen LogP contribution in [0.3, 0.4) is 0 Å². The number of rotatable bonds is 7. The molecular weight excluding hydrogens is 557 g/mol. The summed E-state index contributed by atoms with van der Waals surface area (Å²) in [5.41, 5.74) is 1.43. The summed E-state index contributed by atoms with van der Waals surface area (Å²) in [5.74, 6) is -0.479. The maximum absolute atomic E-state index is 13.9. The van der Waals surface area contributed by atoms with Crippen molar-refractivity contribution >= 4 is 21.5 Å². The van der Waals surface area contributed by atoms with E-state index in [0.717, 1.165) is 22.1 Å². The first-order valence-corrected chi connectivity index (χ1v) is 14.2. The molecule has 214 valence electrons. The van der Waals surface area contributed by atoms with Crippen LogP contribution in [0.4, 0.5) is 18.9 Å². The Balaban J connectivity index is 1.48. The Labute approximate surface area is 235 Å². The molecule has 0 amide bonds. The number of carbonyl (C=O) groups is 1. The number of aryl methyl sites for hydroxylation is 3. The molecule has 41 heavy (non-hydrogen) atoms. The van der Waals surface area contributed by atoms with Gasteiger partial charge in [0.15, 0.2) is 11.5 Å². The third kappa shape index (κ3) is 5.83. The van der Waals surface area contributed by atoms with Crippen molar-refractivity contribution in [2.45, 2.75) is 43.9 Å². The van der Waals surface area contributed by atoms with E-state index >= 15 is 0 Å². The third-order valence-corrected chi connectivity index (χ3v) is 8.52. The van der Waals surface area contributed by atoms with Crippen LogP contribution in [-0.4, -0.2) is 41.6 Å². The lowest BCUT2D eigenvalue weighted by Gasteiger charge is -2.36. The van der Waals surface area contributed by atoms with Crippen molar-refractivity contribution in [2.75, 3.05) is 10.8 Å². The minimum Gasteiger partial charge on any atom is -0.486 e. The Morgan fingerprint density at radius 1 is 1.07 bits per heavy atom. The lowest BCUT2D eigenvalue weighted by atomic mass is 10.0. The maximum atomic E-state index is 13.9. The Kier molecular flexibility index (Phi) is 7.37. The van der Waals surface area contributed by atoms with Crippen LogP contribution in [0.2, 0.25) is 0 Å². The molecule has 0 saturated carbocycles. The number of pyridine rings is 1. The number of nitrogens with zero attached hydrogens (tertiary/aromatic N) is 4. The number of alkyl halides is 3. The molecule has 0 aliphatic carbocycles. The van der Waals surface area contributed by atoms with Gasteiger partial charge in [0.25, 0.3) is 10.0 Å². The number of ether oxygens (including phenoxy) is 1. The zero-order valence-corrected chi connectivity index (χ0v) is 23.3. The number of hydrogen-bond acceptors (Lipinski definition) is 6. The predicted molar refractivity (Wildman–Crippen MR) is 146 cm³/mol. The van der Waals surface area contributed by atoms with Gasteiger partial charge in [0.05, 0.1) is 28.4 Å². The number of hydrogen-bond donors (Lipinski definition) is 0. The molecule has 8 nitrogen and oxygen atoms in total. The molecule has 4 aromatic rings. The second-order valence-electron chi connectivity index (χ2n) is 9.96. The number of halogens is 3. The van der Waals surface area contributed by atoms with E-state index in [2.05, 4.69) is 10.1 Å². The van der Waals surface area contributed by atoms with Crippen LogP contribution in [0, 0.1) is 13.8 Å². The van der Waals surface area contributed by atoms with E-state index in [1.54, 1.807) is 43.3 Å². The summed E-state index contributed by atoms with van der Waals surface area (Å²) in [6.07, 6.45) is -4.84. The number of carbonyl (C=O) groups excluding carboxylic acids is 1. The van der Waals surface area contributed by atoms with E-state index < -0.39 is 39.3 Å². The average Bonchev–Trinajstić information content (AvgIpc) is 3.33. The molecule has 12 heteroatoms. The highest BCUT2D eigenvalue weighted by Crippen LogP contribution is 2.40. The van der Waals surface area contributed by atoms with Gasteiger partial charge in [0, 0.05) is 30.9 Å². The molecule has 3 heterocycles. The standard InChI is InChI=1S/C29H27F3N4O4S/c1-18-6-4-8-22(14-18)41(38,39)36-16-21(11-12-26(37)23-17-35(3)34-28(23)29(30,31)32)40-27-13-10-20(15-25(27)36)24-9-5-7-19(2)33-24/h4-10,13-15,17,21H,11-12,16H2,1-3H3/t21-/m0/s1. The summed E-state index contributed by atoms with van der Waals surface area (Å²) in [6, 6.07) is 17.1. The van der Waals surface area contributed by atoms with Crippen LogP contribution in [0.5, 0.6) is 5.75 Å². The van der Waals surface area contributed by atoms with Gasteiger partial charge in [0.1, 0.15) is 11.9 Å². The van der Waals surface area contributed by atoms with Gasteiger partial charge in [-0.05, 0) is 68.3 Å². The molecular formula is C29H27F3N4O4S. The van der Waals surface area contributed by atoms with Gasteiger partial charge in [0.2, 0.25) is 0 Å². The lowest BCUT2D eigenvalue weighted by Crippen LogP contribution is -2.43. The number of benzene rings is 2. The lowest BCUT2D eigenvalue weighted by molar-refractivity contribution is -0.141. The summed E-state index contributed by atoms with van der Waals surface area (Å²) in [5, 5.41) is 3.40. The molecule has 0 fully saturated rings. The number of anilines is 1. The zero-order chi connectivity index (χ0) is 29.5. The summed E-state index contributed by atoms with van der Waals surface area (Å²) in [6.45, 7) is 3.50. The van der Waals surface area contributed by atoms with Crippen molar-refractivity contribution in [1.82, 2.24) is 14.8 Å². The van der Waals surface area contributed by atoms with E-state index in [1.807, 2.05) is 25.1 Å². The first-order valence-electron chi connectivity index (χ1n) is 12.8. The number of fused-ring (bicyclic) bond motifs is 1. The highest BCUT2D eigenvalue weighted by atomic mass is 32.2. The second-order valence-corrected chi connectivity index (χ2v) is 11.8. The third-order valence-electron chi connectivity index (χ3n) is 6.74. The molecule has 0 N–H and O–H groups in total. The normalized spacial score (nSPS) is 15.4. The molecule has 0 spiro atoms. The topological polar surface area (TPSA) is 94.4 Å². The zero-order valence-electron chi connectivity index (χ0n) is 22.5. The molecule has 0 bridgehead atoms. The monoisotopic (exact) mass is 584 g/mol. The summed E-state index contributed by atoms with van der Waals surface area (Å²) in [4.78, 5) is 17.5. The summed E-state index contributed by atoms with van der Waals surface area (Å²) in [7, 11) is -2.76. The van der Waals surface area contributed by atoms with Gasteiger partial charge in [-0.1, -0.05) is 18.2 Å². The minimum atomic E-state index is -4.78. The van der Waals surface area contributed by atoms with Crippen molar-refractivity contribution in [3.63, 3.8) is 0 Å². The number of Topliss-reactive ketones (excluding diaryl/α,β-unsaturated/α-hetero) is 1. The van der Waals surface area contributed by atoms with Crippen molar-refractivity contribution in [3.05, 3.63) is 89.4 Å². The van der Waals surface area contributed by atoms with Gasteiger partial charge >= 0.3 is 6.18 Å². The van der Waals surface area contributed by atoms with E-state index in [0.29, 0.717) is 16.9 Å². The quantitative estimate of drug-likeness (QED) is 0.257. The fraction of sp³-hybridized carbons (Fsp3) is 0.276. The van der Waals surface area contributed by atoms with Gasteiger partial charge in [-0.3, -0.25) is 18.8 Å². The van der Waals surface area contributed by atoms with Crippen LogP contribution in [0.15, 0.2) is 71.8 Å². The van der Waals surface area contributed by atoms with Crippen molar-refractivity contribution in [2.24, 2.45) is 7.05 Å². The van der Waals surface area contributed by atoms with Gasteiger partial charge in [-0.15, -0.1) is 0 Å². The Morgan fingerprint density at radius 2 is 1.83 bits per heavy atom. The van der Waals surface area contributed by atoms with Crippen LogP contribution in [-0.2, 0) is 23.2 Å². The van der Waals surface area contributed by atoms with Crippen LogP contribution in [0.1, 0.15) is 40.2 Å². The molecule has 2 aromatic heterocycles. The highest BCUT2D eigenvalue weighted by molar-refractivity contribution is 7.92. The summed E-state index contributed by atoms with van der Waals surface area (Å²) < 4.78 is 76.3. The van der Waals surface area contributed by atoms with Gasteiger partial charge in [-0.2, -0.15) is 18.3 Å². The number of ketones is 1. The van der Waals surface area contributed by atoms with Crippen molar-refractivity contribution in [1.29, 1.82) is 0 Å². The fourth-order valence-corrected chi connectivity index (χ4v) is 6.39. The first-order chi connectivity index (χ1) is 19.3. The molecule has 1 atom stereocenters. The van der Waals surface area contributed by atoms with E-state index in [1.165, 1.54) is 17.4 Å². The van der Waals surface area contributed by atoms with Crippen LogP contribution < -0.4 is 9.04 Å². The molecule has 0 unspecified atom stereocenters. The molecule has 1 aliphatic rings. The summed E-state index contributed by atoms with van der Waals surface area (Å²) >= 11 is 0. The molecule has 1 aliphatic heterocycles. The van der Waals surface area contributed by atoms with Crippen LogP contribution in [0.25, 0.3) is 11.3 Å². The Morgan fingerprint density at radius 3 is 2.54 bits per heavy atom. The Bertz CT molecular complexity index is 1730. The molecule has 0 radical (unpaired) electrons. The first kappa shape index (κ1) is 28.3. The van der Waals surface area contributed by atoms with Crippen molar-refractivity contribution < 1.29 is 31.1 Å². The van der Waals surface area contributed by atoms with Gasteiger partial charge < -0.3 is 4.74 Å². The minimum absolute atomic E-state index is 0.00844. The van der Waals surface area contributed by atoms with E-state index in [9.17, 15) is 26.4 Å². The second kappa shape index (κ2) is 10.7. The molecule has 5 rings (SSSR count). The fourth-order valence-electron chi connectivity index (χ4n) is 4.78. The molecule has 2 aromatic carbocycles. The number of sulfonamides is 1. The Hall–Kier alpha value is -4.19. The van der Waals surface area contributed by atoms with Crippen molar-refractivity contribution in [3.8, 4) is 17.0 Å². The maximum Gasteiger partial charge on any atom is 0.435 e. The smallest absolute Gasteiger partial charge is 0.435 e. The van der Waals surface area contributed by atoms with E-state index in [-0.39, 0.29) is 30.0 Å². The van der Waals surface area contributed by atoms with E-state index in [4.69, 9.17) is 4.74 Å². The van der Waals surface area contributed by atoms with Crippen LogP contribution >= 0.6 is 0 Å².